The van der Waals surface area contributed by atoms with Gasteiger partial charge in [0.15, 0.2) is 9.84 Å². The van der Waals surface area contributed by atoms with E-state index in [4.69, 9.17) is 17.3 Å². The number of benzene rings is 2. The Kier molecular flexibility index (Phi) is 4.36. The molecule has 0 amide bonds. The molecule has 0 fully saturated rings. The monoisotopic (exact) mass is 377 g/mol. The summed E-state index contributed by atoms with van der Waals surface area (Å²) in [6.45, 7) is 0. The Morgan fingerprint density at radius 2 is 1.90 bits per heavy atom. The zero-order chi connectivity index (χ0) is 14.9. The van der Waals surface area contributed by atoms with Gasteiger partial charge in [0.2, 0.25) is 0 Å². The lowest BCUT2D eigenvalue weighted by atomic mass is 10.2. The van der Waals surface area contributed by atoms with E-state index in [1.54, 1.807) is 18.2 Å². The van der Waals surface area contributed by atoms with E-state index in [0.717, 1.165) is 10.5 Å². The van der Waals surface area contributed by atoms with Gasteiger partial charge < -0.3 is 5.73 Å². The van der Waals surface area contributed by atoms with Gasteiger partial charge in [0.05, 0.1) is 16.3 Å². The number of nitrogen functional groups attached to an aromatic ring is 1. The first-order valence-electron chi connectivity index (χ1n) is 5.51. The van der Waals surface area contributed by atoms with Crippen LogP contribution in [-0.2, 0) is 15.6 Å². The van der Waals surface area contributed by atoms with E-state index in [-0.39, 0.29) is 16.3 Å². The molecule has 0 aliphatic heterocycles. The molecule has 0 aromatic heterocycles. The van der Waals surface area contributed by atoms with Gasteiger partial charge in [0.25, 0.3) is 0 Å². The number of rotatable bonds is 3. The minimum Gasteiger partial charge on any atom is -0.396 e. The van der Waals surface area contributed by atoms with Crippen LogP contribution in [0.25, 0.3) is 0 Å². The van der Waals surface area contributed by atoms with Crippen molar-refractivity contribution in [1.29, 1.82) is 0 Å². The first-order valence-corrected chi connectivity index (χ1v) is 8.33. The predicted molar refractivity (Wildman–Crippen MR) is 80.9 cm³/mol. The Morgan fingerprint density at radius 1 is 1.20 bits per heavy atom. The molecule has 2 N–H and O–H groups in total. The van der Waals surface area contributed by atoms with E-state index >= 15 is 0 Å². The van der Waals surface area contributed by atoms with Gasteiger partial charge in [0, 0.05) is 9.50 Å². The van der Waals surface area contributed by atoms with Crippen LogP contribution in [0.2, 0.25) is 5.02 Å². The maximum atomic E-state index is 13.4. The number of sulfone groups is 1. The number of halogens is 3. The molecule has 0 saturated heterocycles. The van der Waals surface area contributed by atoms with Crippen LogP contribution < -0.4 is 5.73 Å². The highest BCUT2D eigenvalue weighted by Crippen LogP contribution is 2.26. The Morgan fingerprint density at radius 3 is 2.50 bits per heavy atom. The molecular formula is C13H10BrClFNO2S. The van der Waals surface area contributed by atoms with E-state index in [2.05, 4.69) is 15.9 Å². The summed E-state index contributed by atoms with van der Waals surface area (Å²) in [5.41, 5.74) is 5.69. The third kappa shape index (κ3) is 3.31. The Labute approximate surface area is 129 Å². The van der Waals surface area contributed by atoms with Gasteiger partial charge in [-0.05, 0) is 35.9 Å². The number of nitrogens with two attached hydrogens (primary N) is 1. The smallest absolute Gasteiger partial charge is 0.182 e. The van der Waals surface area contributed by atoms with Crippen LogP contribution >= 0.6 is 27.5 Å². The highest BCUT2D eigenvalue weighted by atomic mass is 79.9. The molecule has 2 aromatic rings. The van der Waals surface area contributed by atoms with E-state index in [1.165, 1.54) is 12.1 Å². The number of hydrogen-bond donors (Lipinski definition) is 1. The zero-order valence-electron chi connectivity index (χ0n) is 10.1. The van der Waals surface area contributed by atoms with Gasteiger partial charge in [-0.3, -0.25) is 0 Å². The summed E-state index contributed by atoms with van der Waals surface area (Å²) in [6.07, 6.45) is 0. The molecule has 0 aliphatic rings. The molecule has 0 unspecified atom stereocenters. The highest BCUT2D eigenvalue weighted by molar-refractivity contribution is 9.10. The lowest BCUT2D eigenvalue weighted by Gasteiger charge is -2.08. The van der Waals surface area contributed by atoms with Crippen LogP contribution in [0.3, 0.4) is 0 Å². The largest absolute Gasteiger partial charge is 0.396 e. The highest BCUT2D eigenvalue weighted by Gasteiger charge is 2.18. The molecule has 0 saturated carbocycles. The quantitative estimate of drug-likeness (QED) is 0.827. The fourth-order valence-electron chi connectivity index (χ4n) is 1.63. The molecule has 20 heavy (non-hydrogen) atoms. The van der Waals surface area contributed by atoms with Crippen molar-refractivity contribution in [3.05, 3.63) is 57.3 Å². The summed E-state index contributed by atoms with van der Waals surface area (Å²) in [6, 6.07) is 8.33. The second-order valence-electron chi connectivity index (χ2n) is 4.18. The molecule has 0 atom stereocenters. The minimum absolute atomic E-state index is 0.0920. The lowest BCUT2D eigenvalue weighted by molar-refractivity contribution is 0.591. The maximum Gasteiger partial charge on any atom is 0.182 e. The van der Waals surface area contributed by atoms with Crippen LogP contribution in [0, 0.1) is 5.82 Å². The topological polar surface area (TPSA) is 60.2 Å². The van der Waals surface area contributed by atoms with Crippen molar-refractivity contribution in [2.75, 3.05) is 5.73 Å². The van der Waals surface area contributed by atoms with Crippen molar-refractivity contribution >= 4 is 43.1 Å². The average molecular weight is 379 g/mol. The summed E-state index contributed by atoms with van der Waals surface area (Å²) < 4.78 is 38.6. The predicted octanol–water partition coefficient (Wildman–Crippen LogP) is 3.80. The molecule has 106 valence electrons. The normalized spacial score (nSPS) is 11.6. The molecule has 2 aromatic carbocycles. The summed E-state index contributed by atoms with van der Waals surface area (Å²) in [5, 5.41) is 0.332. The Balaban J connectivity index is 2.38. The summed E-state index contributed by atoms with van der Waals surface area (Å²) in [5.74, 6) is -1.06. The molecule has 0 aliphatic carbocycles. The first-order chi connectivity index (χ1) is 9.29. The van der Waals surface area contributed by atoms with E-state index in [0.29, 0.717) is 10.6 Å². The second kappa shape index (κ2) is 5.71. The fraction of sp³-hybridized carbons (Fsp3) is 0.0769. The van der Waals surface area contributed by atoms with Gasteiger partial charge in [0.1, 0.15) is 5.82 Å². The van der Waals surface area contributed by atoms with Crippen molar-refractivity contribution in [1.82, 2.24) is 0 Å². The van der Waals surface area contributed by atoms with E-state index < -0.39 is 15.7 Å². The van der Waals surface area contributed by atoms with E-state index in [9.17, 15) is 12.8 Å². The van der Waals surface area contributed by atoms with Crippen molar-refractivity contribution in [3.8, 4) is 0 Å². The third-order valence-corrected chi connectivity index (χ3v) is 5.20. The second-order valence-corrected chi connectivity index (χ2v) is 7.49. The van der Waals surface area contributed by atoms with Crippen LogP contribution in [0.15, 0.2) is 45.8 Å². The summed E-state index contributed by atoms with van der Waals surface area (Å²) in [4.78, 5) is -0.122. The summed E-state index contributed by atoms with van der Waals surface area (Å²) >= 11 is 9.23. The maximum absolute atomic E-state index is 13.4. The van der Waals surface area contributed by atoms with Crippen LogP contribution in [0.5, 0.6) is 0 Å². The first kappa shape index (κ1) is 15.3. The molecule has 0 radical (unpaired) electrons. The third-order valence-electron chi connectivity index (χ3n) is 2.69. The Bertz CT molecular complexity index is 765. The minimum atomic E-state index is -3.68. The van der Waals surface area contributed by atoms with E-state index in [1.807, 2.05) is 0 Å². The summed E-state index contributed by atoms with van der Waals surface area (Å²) in [7, 11) is -3.68. The van der Waals surface area contributed by atoms with Crippen LogP contribution in [-0.4, -0.2) is 8.42 Å². The molecule has 2 rings (SSSR count). The van der Waals surface area contributed by atoms with Crippen molar-refractivity contribution in [2.24, 2.45) is 0 Å². The zero-order valence-corrected chi connectivity index (χ0v) is 13.3. The van der Waals surface area contributed by atoms with Gasteiger partial charge in [-0.1, -0.05) is 33.6 Å². The molecular weight excluding hydrogens is 369 g/mol. The van der Waals surface area contributed by atoms with Gasteiger partial charge in [-0.25, -0.2) is 12.8 Å². The SMILES string of the molecule is Nc1ccc(S(=O)(=O)Cc2ccc(Br)cc2Cl)cc1F. The molecule has 0 spiro atoms. The standard InChI is InChI=1S/C13H10BrClFNO2S/c14-9-2-1-8(11(15)5-9)7-20(18,19)10-3-4-13(17)12(16)6-10/h1-6H,7,17H2. The molecule has 7 heteroatoms. The van der Waals surface area contributed by atoms with Gasteiger partial charge >= 0.3 is 0 Å². The molecule has 3 nitrogen and oxygen atoms in total. The number of anilines is 1. The van der Waals surface area contributed by atoms with Crippen LogP contribution in [0.1, 0.15) is 5.56 Å². The molecule has 0 bridgehead atoms. The molecule has 0 heterocycles. The van der Waals surface area contributed by atoms with Gasteiger partial charge in [-0.2, -0.15) is 0 Å². The van der Waals surface area contributed by atoms with Crippen molar-refractivity contribution in [3.63, 3.8) is 0 Å². The Hall–Kier alpha value is -1.11. The number of hydrogen-bond acceptors (Lipinski definition) is 3. The van der Waals surface area contributed by atoms with Crippen LogP contribution in [0.4, 0.5) is 10.1 Å². The van der Waals surface area contributed by atoms with Crippen molar-refractivity contribution < 1.29 is 12.8 Å². The van der Waals surface area contributed by atoms with Gasteiger partial charge in [-0.15, -0.1) is 0 Å². The lowest BCUT2D eigenvalue weighted by Crippen LogP contribution is -2.06. The van der Waals surface area contributed by atoms with Crippen molar-refractivity contribution in [2.45, 2.75) is 10.6 Å². The average Bonchev–Trinajstić information content (AvgIpc) is 2.36. The fourth-order valence-corrected chi connectivity index (χ4v) is 3.83.